The molecule has 0 radical (unpaired) electrons. The van der Waals surface area contributed by atoms with Crippen molar-refractivity contribution in [3.8, 4) is 0 Å². The van der Waals surface area contributed by atoms with E-state index >= 15 is 0 Å². The lowest BCUT2D eigenvalue weighted by molar-refractivity contribution is -0.176. The first-order chi connectivity index (χ1) is 6.41. The first-order valence-corrected chi connectivity index (χ1v) is 4.98. The molecule has 4 heteroatoms. The fourth-order valence-corrected chi connectivity index (χ4v) is 1.08. The van der Waals surface area contributed by atoms with Crippen molar-refractivity contribution in [3.05, 3.63) is 0 Å². The first kappa shape index (κ1) is 11.5. The Morgan fingerprint density at radius 2 is 2.00 bits per heavy atom. The topological polar surface area (TPSA) is 32.8 Å². The van der Waals surface area contributed by atoms with Crippen LogP contribution in [-0.4, -0.2) is 48.3 Å². The molecule has 14 heavy (non-hydrogen) atoms. The molecule has 82 valence electrons. The minimum atomic E-state index is 0.131. The summed E-state index contributed by atoms with van der Waals surface area (Å²) in [5, 5.41) is 0. The molecule has 4 nitrogen and oxygen atoms in total. The molecule has 0 aromatic rings. The van der Waals surface area contributed by atoms with Crippen LogP contribution in [0.3, 0.4) is 0 Å². The molecule has 1 rings (SSSR count). The third-order valence-corrected chi connectivity index (χ3v) is 2.65. The maximum atomic E-state index is 11.5. The van der Waals surface area contributed by atoms with Gasteiger partial charge in [0.1, 0.15) is 13.5 Å². The number of carbonyl (C=O) groups is 1. The zero-order chi connectivity index (χ0) is 10.8. The van der Waals surface area contributed by atoms with Crippen molar-refractivity contribution in [2.24, 2.45) is 0 Å². The van der Waals surface area contributed by atoms with E-state index in [9.17, 15) is 4.79 Å². The highest BCUT2D eigenvalue weighted by Crippen LogP contribution is 2.12. The standard InChI is InChI=1S/C10H20N2O2/c1-10(2,3)11(4)6-5-9(13)12-7-14-8-12/h5-8H2,1-4H3. The third kappa shape index (κ3) is 2.96. The van der Waals surface area contributed by atoms with Gasteiger partial charge in [-0.05, 0) is 27.8 Å². The number of carbonyl (C=O) groups excluding carboxylic acids is 1. The fraction of sp³-hybridized carbons (Fsp3) is 0.900. The van der Waals surface area contributed by atoms with E-state index in [1.54, 1.807) is 4.90 Å². The molecule has 1 aliphatic rings. The average Bonchev–Trinajstić information content (AvgIpc) is 1.94. The second-order valence-electron chi connectivity index (χ2n) is 4.74. The zero-order valence-electron chi connectivity index (χ0n) is 9.54. The van der Waals surface area contributed by atoms with E-state index in [0.717, 1.165) is 6.54 Å². The van der Waals surface area contributed by atoms with Crippen molar-refractivity contribution < 1.29 is 9.53 Å². The lowest BCUT2D eigenvalue weighted by Gasteiger charge is -2.34. The minimum Gasteiger partial charge on any atom is -0.340 e. The molecule has 1 heterocycles. The van der Waals surface area contributed by atoms with Gasteiger partial charge in [0.25, 0.3) is 0 Å². The number of rotatable bonds is 3. The SMILES string of the molecule is CN(CCC(=O)N1COC1)C(C)(C)C. The van der Waals surface area contributed by atoms with Gasteiger partial charge in [0.15, 0.2) is 0 Å². The molecule has 0 aromatic heterocycles. The Kier molecular flexibility index (Phi) is 3.50. The first-order valence-electron chi connectivity index (χ1n) is 4.98. The molecule has 0 aromatic carbocycles. The highest BCUT2D eigenvalue weighted by atomic mass is 16.5. The zero-order valence-corrected chi connectivity index (χ0v) is 9.54. The Hall–Kier alpha value is -0.610. The van der Waals surface area contributed by atoms with Gasteiger partial charge in [-0.25, -0.2) is 0 Å². The summed E-state index contributed by atoms with van der Waals surface area (Å²) in [5.74, 6) is 0.187. The van der Waals surface area contributed by atoms with Crippen molar-refractivity contribution in [2.75, 3.05) is 27.1 Å². The van der Waals surface area contributed by atoms with E-state index in [0.29, 0.717) is 19.9 Å². The Morgan fingerprint density at radius 1 is 1.43 bits per heavy atom. The summed E-state index contributed by atoms with van der Waals surface area (Å²) in [6, 6.07) is 0. The maximum absolute atomic E-state index is 11.5. The van der Waals surface area contributed by atoms with Gasteiger partial charge in [-0.1, -0.05) is 0 Å². The summed E-state index contributed by atoms with van der Waals surface area (Å²) < 4.78 is 4.92. The Labute approximate surface area is 85.8 Å². The number of nitrogens with zero attached hydrogens (tertiary/aromatic N) is 2. The van der Waals surface area contributed by atoms with Crippen LogP contribution < -0.4 is 0 Å². The average molecular weight is 200 g/mol. The van der Waals surface area contributed by atoms with Crippen LogP contribution in [0.15, 0.2) is 0 Å². The Balaban J connectivity index is 2.22. The molecule has 0 saturated carbocycles. The molecule has 0 N–H and O–H groups in total. The molecule has 0 aliphatic carbocycles. The van der Waals surface area contributed by atoms with E-state index in [4.69, 9.17) is 4.74 Å². The molecule has 0 bridgehead atoms. The van der Waals surface area contributed by atoms with E-state index in [1.807, 2.05) is 7.05 Å². The predicted octanol–water partition coefficient (Wildman–Crippen LogP) is 0.881. The van der Waals surface area contributed by atoms with Crippen molar-refractivity contribution >= 4 is 5.91 Å². The molecule has 0 spiro atoms. The van der Waals surface area contributed by atoms with Gasteiger partial charge in [0.2, 0.25) is 5.91 Å². The van der Waals surface area contributed by atoms with Gasteiger partial charge in [-0.3, -0.25) is 9.69 Å². The molecular formula is C10H20N2O2. The van der Waals surface area contributed by atoms with Gasteiger partial charge in [-0.2, -0.15) is 0 Å². The summed E-state index contributed by atoms with van der Waals surface area (Å²) in [4.78, 5) is 15.4. The quantitative estimate of drug-likeness (QED) is 0.678. The van der Waals surface area contributed by atoms with E-state index in [2.05, 4.69) is 25.7 Å². The van der Waals surface area contributed by atoms with Crippen LogP contribution in [0.2, 0.25) is 0 Å². The highest BCUT2D eigenvalue weighted by Gasteiger charge is 2.23. The molecule has 1 amide bonds. The van der Waals surface area contributed by atoms with E-state index in [-0.39, 0.29) is 11.4 Å². The Bertz CT molecular complexity index is 207. The van der Waals surface area contributed by atoms with Crippen LogP contribution >= 0.6 is 0 Å². The minimum absolute atomic E-state index is 0.131. The lowest BCUT2D eigenvalue weighted by atomic mass is 10.1. The smallest absolute Gasteiger partial charge is 0.227 e. The van der Waals surface area contributed by atoms with Crippen molar-refractivity contribution in [2.45, 2.75) is 32.7 Å². The van der Waals surface area contributed by atoms with Crippen LogP contribution in [0.25, 0.3) is 0 Å². The van der Waals surface area contributed by atoms with Crippen LogP contribution in [0.4, 0.5) is 0 Å². The van der Waals surface area contributed by atoms with Crippen molar-refractivity contribution in [3.63, 3.8) is 0 Å². The monoisotopic (exact) mass is 200 g/mol. The molecule has 1 aliphatic heterocycles. The largest absolute Gasteiger partial charge is 0.340 e. The van der Waals surface area contributed by atoms with Crippen molar-refractivity contribution in [1.82, 2.24) is 9.80 Å². The van der Waals surface area contributed by atoms with Gasteiger partial charge >= 0.3 is 0 Å². The predicted molar refractivity (Wildman–Crippen MR) is 54.7 cm³/mol. The van der Waals surface area contributed by atoms with Gasteiger partial charge in [0, 0.05) is 18.5 Å². The molecular weight excluding hydrogens is 180 g/mol. The lowest BCUT2D eigenvalue weighted by Crippen LogP contribution is -2.46. The highest BCUT2D eigenvalue weighted by molar-refractivity contribution is 5.76. The summed E-state index contributed by atoms with van der Waals surface area (Å²) in [5.41, 5.74) is 0.131. The summed E-state index contributed by atoms with van der Waals surface area (Å²) in [7, 11) is 2.04. The van der Waals surface area contributed by atoms with Crippen LogP contribution in [-0.2, 0) is 9.53 Å². The molecule has 0 atom stereocenters. The van der Waals surface area contributed by atoms with Crippen LogP contribution in [0, 0.1) is 0 Å². The van der Waals surface area contributed by atoms with Crippen molar-refractivity contribution in [1.29, 1.82) is 0 Å². The maximum Gasteiger partial charge on any atom is 0.227 e. The van der Waals surface area contributed by atoms with Gasteiger partial charge in [-0.15, -0.1) is 0 Å². The molecule has 1 saturated heterocycles. The molecule has 1 fully saturated rings. The van der Waals surface area contributed by atoms with Crippen LogP contribution in [0.5, 0.6) is 0 Å². The number of amides is 1. The molecule has 0 unspecified atom stereocenters. The number of hydrogen-bond donors (Lipinski definition) is 0. The fourth-order valence-electron chi connectivity index (χ4n) is 1.08. The summed E-state index contributed by atoms with van der Waals surface area (Å²) in [6.45, 7) is 8.17. The normalized spacial score (nSPS) is 17.1. The Morgan fingerprint density at radius 3 is 2.36 bits per heavy atom. The summed E-state index contributed by atoms with van der Waals surface area (Å²) in [6.07, 6.45) is 0.580. The second-order valence-corrected chi connectivity index (χ2v) is 4.74. The van der Waals surface area contributed by atoms with E-state index < -0.39 is 0 Å². The third-order valence-electron chi connectivity index (χ3n) is 2.65. The number of ether oxygens (including phenoxy) is 1. The van der Waals surface area contributed by atoms with Gasteiger partial charge < -0.3 is 9.64 Å². The van der Waals surface area contributed by atoms with E-state index in [1.165, 1.54) is 0 Å². The second kappa shape index (κ2) is 4.28. The number of hydrogen-bond acceptors (Lipinski definition) is 3. The van der Waals surface area contributed by atoms with Crippen LogP contribution in [0.1, 0.15) is 27.2 Å². The summed E-state index contributed by atoms with van der Waals surface area (Å²) >= 11 is 0. The van der Waals surface area contributed by atoms with Gasteiger partial charge in [0.05, 0.1) is 0 Å².